The third-order valence-electron chi connectivity index (χ3n) is 8.30. The van der Waals surface area contributed by atoms with Crippen LogP contribution in [0.2, 0.25) is 5.02 Å². The highest BCUT2D eigenvalue weighted by Gasteiger charge is 2.36. The number of aromatic nitrogens is 2. The van der Waals surface area contributed by atoms with Gasteiger partial charge in [0.25, 0.3) is 5.56 Å². The molecule has 9 heteroatoms. The first-order valence-corrected chi connectivity index (χ1v) is 14.2. The SMILES string of the molecule is CN(C(=O)N1CC[C@@H](n2cnc3cc(-c4ccc(Cl)cc4)sc3c2=O)C1)[C@H]1CCN(C2CCCC2)C1. The average molecular weight is 526 g/mol. The van der Waals surface area contributed by atoms with Gasteiger partial charge < -0.3 is 9.80 Å². The maximum atomic E-state index is 13.4. The van der Waals surface area contributed by atoms with Gasteiger partial charge in [0.1, 0.15) is 4.70 Å². The van der Waals surface area contributed by atoms with Crippen molar-refractivity contribution in [1.82, 2.24) is 24.3 Å². The Morgan fingerprint density at radius 1 is 1.06 bits per heavy atom. The molecule has 2 aromatic heterocycles. The van der Waals surface area contributed by atoms with Crippen LogP contribution in [0.4, 0.5) is 4.79 Å². The molecule has 2 saturated heterocycles. The van der Waals surface area contributed by atoms with E-state index in [4.69, 9.17) is 11.6 Å². The van der Waals surface area contributed by atoms with Crippen LogP contribution < -0.4 is 5.56 Å². The Morgan fingerprint density at radius 2 is 1.83 bits per heavy atom. The number of benzene rings is 1. The van der Waals surface area contributed by atoms with Crippen molar-refractivity contribution in [1.29, 1.82) is 0 Å². The molecular weight excluding hydrogens is 494 g/mol. The van der Waals surface area contributed by atoms with Crippen molar-refractivity contribution in [3.63, 3.8) is 0 Å². The summed E-state index contributed by atoms with van der Waals surface area (Å²) in [5.41, 5.74) is 1.71. The highest BCUT2D eigenvalue weighted by Crippen LogP contribution is 2.33. The molecule has 3 fully saturated rings. The second-order valence-electron chi connectivity index (χ2n) is 10.4. The zero-order valence-corrected chi connectivity index (χ0v) is 22.2. The predicted octanol–water partition coefficient (Wildman–Crippen LogP) is 5.09. The van der Waals surface area contributed by atoms with E-state index in [0.717, 1.165) is 36.4 Å². The smallest absolute Gasteiger partial charge is 0.320 e. The predicted molar refractivity (Wildman–Crippen MR) is 145 cm³/mol. The third-order valence-corrected chi connectivity index (χ3v) is 9.72. The molecule has 4 heterocycles. The van der Waals surface area contributed by atoms with E-state index in [1.54, 1.807) is 10.9 Å². The molecule has 0 radical (unpaired) electrons. The molecule has 1 saturated carbocycles. The van der Waals surface area contributed by atoms with E-state index < -0.39 is 0 Å². The van der Waals surface area contributed by atoms with E-state index in [0.29, 0.717) is 34.4 Å². The molecule has 3 aliphatic rings. The number of thiophene rings is 1. The topological polar surface area (TPSA) is 61.7 Å². The molecule has 0 bridgehead atoms. The van der Waals surface area contributed by atoms with Crippen molar-refractivity contribution >= 4 is 39.2 Å². The quantitative estimate of drug-likeness (QED) is 0.476. The van der Waals surface area contributed by atoms with Crippen molar-refractivity contribution in [3.05, 3.63) is 52.0 Å². The lowest BCUT2D eigenvalue weighted by molar-refractivity contribution is 0.150. The van der Waals surface area contributed by atoms with Gasteiger partial charge in [-0.25, -0.2) is 9.78 Å². The zero-order chi connectivity index (χ0) is 24.8. The first-order valence-electron chi connectivity index (χ1n) is 13.0. The Kier molecular flexibility index (Phi) is 6.52. The van der Waals surface area contributed by atoms with Gasteiger partial charge in [-0.2, -0.15) is 0 Å². The number of rotatable bonds is 4. The Balaban J connectivity index is 1.14. The van der Waals surface area contributed by atoms with Crippen LogP contribution in [-0.2, 0) is 0 Å². The molecule has 0 unspecified atom stereocenters. The Morgan fingerprint density at radius 3 is 2.61 bits per heavy atom. The number of carbonyl (C=O) groups excluding carboxylic acids is 1. The molecule has 36 heavy (non-hydrogen) atoms. The summed E-state index contributed by atoms with van der Waals surface area (Å²) in [6.07, 6.45) is 8.74. The van der Waals surface area contributed by atoms with E-state index in [-0.39, 0.29) is 23.7 Å². The second kappa shape index (κ2) is 9.80. The minimum absolute atomic E-state index is 0.0270. The normalized spacial score (nSPS) is 23.2. The van der Waals surface area contributed by atoms with E-state index in [1.807, 2.05) is 47.2 Å². The molecule has 2 aliphatic heterocycles. The lowest BCUT2D eigenvalue weighted by Gasteiger charge is -2.30. The van der Waals surface area contributed by atoms with Crippen molar-refractivity contribution in [2.45, 2.75) is 56.7 Å². The number of likely N-dealkylation sites (tertiary alicyclic amines) is 2. The minimum Gasteiger partial charge on any atom is -0.323 e. The Labute approximate surface area is 220 Å². The average Bonchev–Trinajstić information content (AvgIpc) is 3.69. The summed E-state index contributed by atoms with van der Waals surface area (Å²) in [6, 6.07) is 10.6. The van der Waals surface area contributed by atoms with E-state index in [9.17, 15) is 9.59 Å². The fraction of sp³-hybridized carbons (Fsp3) is 0.519. The fourth-order valence-corrected chi connectivity index (χ4v) is 7.33. The summed E-state index contributed by atoms with van der Waals surface area (Å²) in [4.78, 5) is 38.8. The summed E-state index contributed by atoms with van der Waals surface area (Å²) in [6.45, 7) is 3.29. The number of likely N-dealkylation sites (N-methyl/N-ethyl adjacent to an activating group) is 1. The summed E-state index contributed by atoms with van der Waals surface area (Å²) in [7, 11) is 1.95. The molecular formula is C27H32ClN5O2S. The number of urea groups is 1. The Hall–Kier alpha value is -2.42. The van der Waals surface area contributed by atoms with E-state index in [2.05, 4.69) is 9.88 Å². The van der Waals surface area contributed by atoms with Gasteiger partial charge in [-0.1, -0.05) is 36.6 Å². The molecule has 1 aromatic carbocycles. The lowest BCUT2D eigenvalue weighted by Crippen LogP contribution is -2.46. The molecule has 0 N–H and O–H groups in total. The number of amides is 2. The van der Waals surface area contributed by atoms with Crippen molar-refractivity contribution in [2.24, 2.45) is 0 Å². The van der Waals surface area contributed by atoms with Crippen LogP contribution in [0.5, 0.6) is 0 Å². The van der Waals surface area contributed by atoms with Gasteiger partial charge >= 0.3 is 6.03 Å². The lowest BCUT2D eigenvalue weighted by atomic mass is 10.2. The van der Waals surface area contributed by atoms with Crippen molar-refractivity contribution in [2.75, 3.05) is 33.2 Å². The maximum Gasteiger partial charge on any atom is 0.320 e. The van der Waals surface area contributed by atoms with Crippen LogP contribution >= 0.6 is 22.9 Å². The number of hydrogen-bond acceptors (Lipinski definition) is 5. The van der Waals surface area contributed by atoms with Crippen LogP contribution in [0, 0.1) is 0 Å². The number of fused-ring (bicyclic) bond motifs is 1. The standard InChI is InChI=1S/C27H32ClN5O2S/c1-30(21-10-12-31(15-21)20-4-2-3-5-20)27(35)32-13-11-22(16-32)33-17-29-23-14-24(36-25(23)26(33)34)18-6-8-19(28)9-7-18/h6-9,14,17,20-22H,2-5,10-13,15-16H2,1H3/t21-,22+/m0/s1. The summed E-state index contributed by atoms with van der Waals surface area (Å²) in [5, 5.41) is 0.686. The molecule has 0 spiro atoms. The molecule has 7 nitrogen and oxygen atoms in total. The molecule has 3 aromatic rings. The van der Waals surface area contributed by atoms with Crippen LogP contribution in [0.15, 0.2) is 41.5 Å². The van der Waals surface area contributed by atoms with Crippen LogP contribution in [0.3, 0.4) is 0 Å². The van der Waals surface area contributed by atoms with Gasteiger partial charge in [0.2, 0.25) is 0 Å². The van der Waals surface area contributed by atoms with Crippen LogP contribution in [-0.4, -0.2) is 75.6 Å². The largest absolute Gasteiger partial charge is 0.323 e. The number of carbonyl (C=O) groups is 1. The van der Waals surface area contributed by atoms with Crippen LogP contribution in [0.1, 0.15) is 44.6 Å². The highest BCUT2D eigenvalue weighted by atomic mass is 35.5. The molecule has 190 valence electrons. The summed E-state index contributed by atoms with van der Waals surface area (Å²) < 4.78 is 2.39. The van der Waals surface area contributed by atoms with Gasteiger partial charge in [-0.05, 0) is 49.4 Å². The van der Waals surface area contributed by atoms with Gasteiger partial charge in [-0.15, -0.1) is 11.3 Å². The van der Waals surface area contributed by atoms with Gasteiger partial charge in [0.15, 0.2) is 0 Å². The number of nitrogens with zero attached hydrogens (tertiary/aromatic N) is 5. The first kappa shape index (κ1) is 23.9. The Bertz CT molecular complexity index is 1320. The van der Waals surface area contributed by atoms with Gasteiger partial charge in [0.05, 0.1) is 17.9 Å². The van der Waals surface area contributed by atoms with Crippen LogP contribution in [0.25, 0.3) is 20.7 Å². The maximum absolute atomic E-state index is 13.4. The third kappa shape index (κ3) is 4.44. The molecule has 2 atom stereocenters. The van der Waals surface area contributed by atoms with Crippen molar-refractivity contribution < 1.29 is 4.79 Å². The highest BCUT2D eigenvalue weighted by molar-refractivity contribution is 7.22. The fourth-order valence-electron chi connectivity index (χ4n) is 6.15. The number of hydrogen-bond donors (Lipinski definition) is 0. The monoisotopic (exact) mass is 525 g/mol. The van der Waals surface area contributed by atoms with E-state index >= 15 is 0 Å². The molecule has 2 amide bonds. The molecule has 1 aliphatic carbocycles. The molecule has 6 rings (SSSR count). The summed E-state index contributed by atoms with van der Waals surface area (Å²) in [5.74, 6) is 0. The minimum atomic E-state index is -0.0496. The van der Waals surface area contributed by atoms with Crippen molar-refractivity contribution in [3.8, 4) is 10.4 Å². The summed E-state index contributed by atoms with van der Waals surface area (Å²) >= 11 is 7.49. The number of halogens is 1. The zero-order valence-electron chi connectivity index (χ0n) is 20.6. The second-order valence-corrected chi connectivity index (χ2v) is 11.9. The van der Waals surface area contributed by atoms with E-state index in [1.165, 1.54) is 37.0 Å². The first-order chi connectivity index (χ1) is 17.5. The van der Waals surface area contributed by atoms with Gasteiger partial charge in [0, 0.05) is 55.2 Å². The van der Waals surface area contributed by atoms with Gasteiger partial charge in [-0.3, -0.25) is 14.3 Å².